The van der Waals surface area contributed by atoms with Gasteiger partial charge in [-0.1, -0.05) is 0 Å². The van der Waals surface area contributed by atoms with Crippen LogP contribution in [0.1, 0.15) is 25.7 Å². The highest BCUT2D eigenvalue weighted by Gasteiger charge is 2.32. The molecule has 1 aliphatic heterocycles. The highest BCUT2D eigenvalue weighted by molar-refractivity contribution is 5.74. The summed E-state index contributed by atoms with van der Waals surface area (Å²) >= 11 is 0. The number of amides is 2. The molecule has 2 rings (SSSR count). The lowest BCUT2D eigenvalue weighted by molar-refractivity contribution is -0.0138. The topological polar surface area (TPSA) is 70.6 Å². The lowest BCUT2D eigenvalue weighted by Crippen LogP contribution is -2.47. The molecular formula is C11H20N2O3. The zero-order chi connectivity index (χ0) is 11.4. The van der Waals surface area contributed by atoms with Crippen molar-refractivity contribution in [2.75, 3.05) is 26.4 Å². The SMILES string of the molecule is O=C(NCC1(CO)CCOCC1)NC1CC1. The van der Waals surface area contributed by atoms with Crippen molar-refractivity contribution in [3.05, 3.63) is 0 Å². The second kappa shape index (κ2) is 5.01. The quantitative estimate of drug-likeness (QED) is 0.645. The van der Waals surface area contributed by atoms with Gasteiger partial charge in [0.25, 0.3) is 0 Å². The molecule has 2 fully saturated rings. The number of carbonyl (C=O) groups excluding carboxylic acids is 1. The molecule has 92 valence electrons. The predicted octanol–water partition coefficient (Wildman–Crippen LogP) is 0.237. The minimum absolute atomic E-state index is 0.109. The van der Waals surface area contributed by atoms with Crippen molar-refractivity contribution < 1.29 is 14.6 Å². The number of urea groups is 1. The molecule has 2 aliphatic rings. The van der Waals surface area contributed by atoms with Crippen molar-refractivity contribution in [3.63, 3.8) is 0 Å². The average molecular weight is 228 g/mol. The van der Waals surface area contributed by atoms with E-state index in [1.807, 2.05) is 0 Å². The Bertz CT molecular complexity index is 248. The van der Waals surface area contributed by atoms with Crippen LogP contribution >= 0.6 is 0 Å². The Balaban J connectivity index is 1.74. The molecule has 16 heavy (non-hydrogen) atoms. The van der Waals surface area contributed by atoms with Crippen LogP contribution in [0.2, 0.25) is 0 Å². The molecule has 0 atom stereocenters. The summed E-state index contributed by atoms with van der Waals surface area (Å²) in [6.45, 7) is 1.99. The van der Waals surface area contributed by atoms with Gasteiger partial charge >= 0.3 is 6.03 Å². The normalized spacial score (nSPS) is 23.8. The summed E-state index contributed by atoms with van der Waals surface area (Å²) < 4.78 is 5.27. The maximum atomic E-state index is 11.5. The lowest BCUT2D eigenvalue weighted by Gasteiger charge is -2.35. The highest BCUT2D eigenvalue weighted by atomic mass is 16.5. The summed E-state index contributed by atoms with van der Waals surface area (Å²) in [5.41, 5.74) is -0.181. The molecule has 0 aromatic heterocycles. The minimum Gasteiger partial charge on any atom is -0.396 e. The minimum atomic E-state index is -0.181. The molecule has 1 saturated carbocycles. The molecule has 0 radical (unpaired) electrons. The summed E-state index contributed by atoms with van der Waals surface area (Å²) in [6.07, 6.45) is 3.80. The predicted molar refractivity (Wildman–Crippen MR) is 59.1 cm³/mol. The van der Waals surface area contributed by atoms with Gasteiger partial charge in [-0.2, -0.15) is 0 Å². The van der Waals surface area contributed by atoms with Crippen LogP contribution in [0, 0.1) is 5.41 Å². The number of hydrogen-bond donors (Lipinski definition) is 3. The Morgan fingerprint density at radius 1 is 1.38 bits per heavy atom. The number of aliphatic hydroxyl groups excluding tert-OH is 1. The van der Waals surface area contributed by atoms with Crippen LogP contribution in [-0.4, -0.2) is 43.5 Å². The van der Waals surface area contributed by atoms with Gasteiger partial charge in [0.2, 0.25) is 0 Å². The zero-order valence-electron chi connectivity index (χ0n) is 9.50. The van der Waals surface area contributed by atoms with E-state index in [-0.39, 0.29) is 18.1 Å². The van der Waals surface area contributed by atoms with Crippen LogP contribution in [0.5, 0.6) is 0 Å². The Hall–Kier alpha value is -0.810. The molecule has 0 spiro atoms. The van der Waals surface area contributed by atoms with Crippen LogP contribution in [0.25, 0.3) is 0 Å². The molecule has 0 aromatic carbocycles. The van der Waals surface area contributed by atoms with E-state index < -0.39 is 0 Å². The molecule has 0 unspecified atom stereocenters. The fourth-order valence-electron chi connectivity index (χ4n) is 1.93. The van der Waals surface area contributed by atoms with Gasteiger partial charge in [0, 0.05) is 31.2 Å². The van der Waals surface area contributed by atoms with Crippen LogP contribution in [0.15, 0.2) is 0 Å². The number of aliphatic hydroxyl groups is 1. The number of carbonyl (C=O) groups is 1. The lowest BCUT2D eigenvalue weighted by atomic mass is 9.81. The van der Waals surface area contributed by atoms with Gasteiger partial charge in [-0.3, -0.25) is 0 Å². The Labute approximate surface area is 95.5 Å². The molecule has 3 N–H and O–H groups in total. The molecule has 1 heterocycles. The van der Waals surface area contributed by atoms with Crippen molar-refractivity contribution in [3.8, 4) is 0 Å². The van der Waals surface area contributed by atoms with E-state index >= 15 is 0 Å². The third kappa shape index (κ3) is 3.09. The maximum Gasteiger partial charge on any atom is 0.315 e. The van der Waals surface area contributed by atoms with Gasteiger partial charge in [0.05, 0.1) is 6.61 Å². The standard InChI is InChI=1S/C11H20N2O3/c14-8-11(3-5-16-6-4-11)7-12-10(15)13-9-1-2-9/h9,14H,1-8H2,(H2,12,13,15). The van der Waals surface area contributed by atoms with Gasteiger partial charge < -0.3 is 20.5 Å². The second-order valence-electron chi connectivity index (χ2n) is 4.87. The van der Waals surface area contributed by atoms with E-state index in [1.165, 1.54) is 0 Å². The van der Waals surface area contributed by atoms with Crippen molar-refractivity contribution in [1.29, 1.82) is 0 Å². The molecule has 0 bridgehead atoms. The van der Waals surface area contributed by atoms with E-state index in [4.69, 9.17) is 4.74 Å². The fraction of sp³-hybridized carbons (Fsp3) is 0.909. The van der Waals surface area contributed by atoms with E-state index in [0.717, 1.165) is 25.7 Å². The summed E-state index contributed by atoms with van der Waals surface area (Å²) in [6, 6.07) is 0.265. The number of nitrogens with one attached hydrogen (secondary N) is 2. The first-order valence-corrected chi connectivity index (χ1v) is 5.97. The summed E-state index contributed by atoms with van der Waals surface area (Å²) in [5.74, 6) is 0. The van der Waals surface area contributed by atoms with Gasteiger partial charge in [0.1, 0.15) is 0 Å². The van der Waals surface area contributed by atoms with Gasteiger partial charge in [-0.15, -0.1) is 0 Å². The first kappa shape index (κ1) is 11.7. The molecule has 1 saturated heterocycles. The molecule has 5 heteroatoms. The molecule has 5 nitrogen and oxygen atoms in total. The third-order valence-corrected chi connectivity index (χ3v) is 3.43. The van der Waals surface area contributed by atoms with Gasteiger partial charge in [0.15, 0.2) is 0 Å². The summed E-state index contributed by atoms with van der Waals surface area (Å²) in [5, 5.41) is 15.1. The van der Waals surface area contributed by atoms with Crippen molar-refractivity contribution >= 4 is 6.03 Å². The van der Waals surface area contributed by atoms with Crippen LogP contribution < -0.4 is 10.6 Å². The van der Waals surface area contributed by atoms with E-state index in [0.29, 0.717) is 25.8 Å². The van der Waals surface area contributed by atoms with Crippen molar-refractivity contribution in [1.82, 2.24) is 10.6 Å². The summed E-state index contributed by atoms with van der Waals surface area (Å²) in [4.78, 5) is 11.5. The Morgan fingerprint density at radius 3 is 2.62 bits per heavy atom. The van der Waals surface area contributed by atoms with Crippen LogP contribution in [-0.2, 0) is 4.74 Å². The molecule has 2 amide bonds. The second-order valence-corrected chi connectivity index (χ2v) is 4.87. The van der Waals surface area contributed by atoms with E-state index in [9.17, 15) is 9.90 Å². The summed E-state index contributed by atoms with van der Waals surface area (Å²) in [7, 11) is 0. The van der Waals surface area contributed by atoms with Gasteiger partial charge in [-0.05, 0) is 25.7 Å². The zero-order valence-corrected chi connectivity index (χ0v) is 9.50. The monoisotopic (exact) mass is 228 g/mol. The van der Waals surface area contributed by atoms with Crippen molar-refractivity contribution in [2.24, 2.45) is 5.41 Å². The molecule has 0 aromatic rings. The van der Waals surface area contributed by atoms with E-state index in [2.05, 4.69) is 10.6 Å². The average Bonchev–Trinajstić information content (AvgIpc) is 3.12. The number of ether oxygens (including phenoxy) is 1. The van der Waals surface area contributed by atoms with E-state index in [1.54, 1.807) is 0 Å². The fourth-order valence-corrected chi connectivity index (χ4v) is 1.93. The third-order valence-electron chi connectivity index (χ3n) is 3.43. The highest BCUT2D eigenvalue weighted by Crippen LogP contribution is 2.29. The Kier molecular flexibility index (Phi) is 3.66. The number of rotatable bonds is 4. The Morgan fingerprint density at radius 2 is 2.06 bits per heavy atom. The van der Waals surface area contributed by atoms with Crippen molar-refractivity contribution in [2.45, 2.75) is 31.7 Å². The maximum absolute atomic E-state index is 11.5. The first-order valence-electron chi connectivity index (χ1n) is 5.97. The largest absolute Gasteiger partial charge is 0.396 e. The number of hydrogen-bond acceptors (Lipinski definition) is 3. The smallest absolute Gasteiger partial charge is 0.315 e. The van der Waals surface area contributed by atoms with Crippen LogP contribution in [0.3, 0.4) is 0 Å². The molecule has 1 aliphatic carbocycles. The first-order chi connectivity index (χ1) is 7.74. The van der Waals surface area contributed by atoms with Crippen LogP contribution in [0.4, 0.5) is 4.79 Å². The van der Waals surface area contributed by atoms with Gasteiger partial charge in [-0.25, -0.2) is 4.79 Å². The molecular weight excluding hydrogens is 208 g/mol.